The minimum Gasteiger partial charge on any atom is -0.394 e. The third kappa shape index (κ3) is 8.23. The lowest BCUT2D eigenvalue weighted by Crippen LogP contribution is -2.69. The fourth-order valence-electron chi connectivity index (χ4n) is 4.40. The Bertz CT molecular complexity index is 793. The van der Waals surface area contributed by atoms with Gasteiger partial charge in [-0.2, -0.15) is 0 Å². The van der Waals surface area contributed by atoms with Crippen LogP contribution in [0.5, 0.6) is 0 Å². The molecule has 0 aromatic carbocycles. The van der Waals surface area contributed by atoms with Crippen molar-refractivity contribution in [1.82, 2.24) is 10.6 Å². The topological polar surface area (TPSA) is 277 Å². The number of rotatable bonds is 12. The first kappa shape index (κ1) is 33.6. The Morgan fingerprint density at radius 3 is 2.03 bits per heavy atom. The zero-order chi connectivity index (χ0) is 29.6. The van der Waals surface area contributed by atoms with Gasteiger partial charge in [-0.3, -0.25) is 9.59 Å². The standard InChI is InChI=1S/C22H40N2O15/c1-7-14(31)17(34)18(35)22(36-7)39-20-13(24-9(3)29)21(37-12(6-27)16(20)33)38-19(15(32)11(30)5-26)10(4-25)23-8(2)28/h7,10-22,25-27,30-35H,4-6H2,1-3H3,(H,23,28)(H,24,29)/t7-,10-,11+,12+,13+,14+,15-,16-,17+,18-,19+,20+,21+,22-/m0/s1. The monoisotopic (exact) mass is 572 g/mol. The number of aliphatic hydroxyl groups excluding tert-OH is 9. The molecule has 0 aliphatic carbocycles. The van der Waals surface area contributed by atoms with E-state index < -0.39 is 117 Å². The van der Waals surface area contributed by atoms with E-state index >= 15 is 0 Å². The van der Waals surface area contributed by atoms with Crippen LogP contribution in [0.1, 0.15) is 20.8 Å². The maximum atomic E-state index is 12.1. The van der Waals surface area contributed by atoms with Gasteiger partial charge in [-0.05, 0) is 6.92 Å². The van der Waals surface area contributed by atoms with Crippen LogP contribution in [0.25, 0.3) is 0 Å². The molecule has 0 unspecified atom stereocenters. The highest BCUT2D eigenvalue weighted by atomic mass is 16.7. The Morgan fingerprint density at radius 2 is 1.51 bits per heavy atom. The molecule has 0 saturated carbocycles. The maximum absolute atomic E-state index is 12.1. The van der Waals surface area contributed by atoms with Gasteiger partial charge in [0.15, 0.2) is 12.6 Å². The van der Waals surface area contributed by atoms with Crippen LogP contribution in [0.4, 0.5) is 0 Å². The highest BCUT2D eigenvalue weighted by Gasteiger charge is 2.52. The molecule has 2 fully saturated rings. The number of ether oxygens (including phenoxy) is 4. The average Bonchev–Trinajstić information content (AvgIpc) is 2.89. The van der Waals surface area contributed by atoms with E-state index in [4.69, 9.17) is 18.9 Å². The van der Waals surface area contributed by atoms with Crippen LogP contribution < -0.4 is 10.6 Å². The smallest absolute Gasteiger partial charge is 0.217 e. The van der Waals surface area contributed by atoms with Crippen LogP contribution in [0.3, 0.4) is 0 Å². The molecule has 0 aromatic rings. The third-order valence-corrected chi connectivity index (χ3v) is 6.51. The number of amides is 2. The Labute approximate surface area is 223 Å². The summed E-state index contributed by atoms with van der Waals surface area (Å²) >= 11 is 0. The van der Waals surface area contributed by atoms with Crippen LogP contribution in [-0.4, -0.2) is 163 Å². The van der Waals surface area contributed by atoms with Crippen molar-refractivity contribution in [1.29, 1.82) is 0 Å². The number of carbonyl (C=O) groups is 2. The summed E-state index contributed by atoms with van der Waals surface area (Å²) in [5, 5.41) is 95.8. The second kappa shape index (κ2) is 14.9. The quantitative estimate of drug-likeness (QED) is 0.104. The molecule has 0 spiro atoms. The van der Waals surface area contributed by atoms with Gasteiger partial charge >= 0.3 is 0 Å². The average molecular weight is 573 g/mol. The lowest BCUT2D eigenvalue weighted by molar-refractivity contribution is -0.347. The van der Waals surface area contributed by atoms with E-state index in [-0.39, 0.29) is 0 Å². The van der Waals surface area contributed by atoms with Crippen LogP contribution in [0.2, 0.25) is 0 Å². The molecule has 11 N–H and O–H groups in total. The van der Waals surface area contributed by atoms with Gasteiger partial charge in [0.2, 0.25) is 11.8 Å². The molecule has 228 valence electrons. The predicted molar refractivity (Wildman–Crippen MR) is 125 cm³/mol. The number of hydrogen-bond donors (Lipinski definition) is 11. The zero-order valence-corrected chi connectivity index (χ0v) is 21.7. The van der Waals surface area contributed by atoms with Gasteiger partial charge in [0.1, 0.15) is 61.0 Å². The highest BCUT2D eigenvalue weighted by molar-refractivity contribution is 5.73. The molecule has 0 aromatic heterocycles. The van der Waals surface area contributed by atoms with E-state index in [0.29, 0.717) is 0 Å². The molecule has 2 saturated heterocycles. The molecule has 2 amide bonds. The largest absolute Gasteiger partial charge is 0.394 e. The Balaban J connectivity index is 2.46. The lowest BCUT2D eigenvalue weighted by atomic mass is 9.94. The summed E-state index contributed by atoms with van der Waals surface area (Å²) in [6, 6.07) is -2.85. The van der Waals surface area contributed by atoms with Crippen molar-refractivity contribution in [2.45, 2.75) is 106 Å². The number of carbonyl (C=O) groups excluding carboxylic acids is 2. The fraction of sp³-hybridized carbons (Fsp3) is 0.909. The SMILES string of the molecule is CC(=O)N[C@H]1[C@@H](O[C@@H]([C@@H](O)[C@H](O)CO)[C@H](CO)NC(C)=O)O[C@H](CO)[C@H](O)[C@@H]1O[C@@H]1O[C@@H](C)[C@@H](O)[C@@H](O)[C@@H]1O. The van der Waals surface area contributed by atoms with Gasteiger partial charge in [0, 0.05) is 13.8 Å². The number of aliphatic hydroxyl groups is 9. The number of nitrogens with one attached hydrogen (secondary N) is 2. The summed E-state index contributed by atoms with van der Waals surface area (Å²) < 4.78 is 22.6. The van der Waals surface area contributed by atoms with E-state index in [1.165, 1.54) is 6.92 Å². The van der Waals surface area contributed by atoms with Crippen LogP contribution in [0, 0.1) is 0 Å². The molecule has 2 aliphatic heterocycles. The fourth-order valence-corrected chi connectivity index (χ4v) is 4.40. The molecule has 17 nitrogen and oxygen atoms in total. The van der Waals surface area contributed by atoms with Crippen molar-refractivity contribution >= 4 is 11.8 Å². The van der Waals surface area contributed by atoms with Crippen molar-refractivity contribution < 1.29 is 74.5 Å². The molecule has 0 bridgehead atoms. The molecule has 17 heteroatoms. The van der Waals surface area contributed by atoms with Crippen molar-refractivity contribution in [3.05, 3.63) is 0 Å². The first-order chi connectivity index (χ1) is 18.3. The molecule has 2 aliphatic rings. The van der Waals surface area contributed by atoms with E-state index in [1.807, 2.05) is 0 Å². The van der Waals surface area contributed by atoms with E-state index in [1.54, 1.807) is 0 Å². The van der Waals surface area contributed by atoms with Crippen LogP contribution >= 0.6 is 0 Å². The first-order valence-corrected chi connectivity index (χ1v) is 12.3. The van der Waals surface area contributed by atoms with E-state index in [0.717, 1.165) is 13.8 Å². The summed E-state index contributed by atoms with van der Waals surface area (Å²) in [5.41, 5.74) is 0. The molecular formula is C22H40N2O15. The van der Waals surface area contributed by atoms with Crippen molar-refractivity contribution in [2.75, 3.05) is 19.8 Å². The van der Waals surface area contributed by atoms with Gasteiger partial charge in [-0.1, -0.05) is 0 Å². The molecule has 2 rings (SSSR count). The van der Waals surface area contributed by atoms with Gasteiger partial charge < -0.3 is 75.5 Å². The van der Waals surface area contributed by atoms with E-state index in [9.17, 15) is 55.5 Å². The lowest BCUT2D eigenvalue weighted by Gasteiger charge is -2.48. The Hall–Kier alpha value is -1.58. The van der Waals surface area contributed by atoms with Gasteiger partial charge in [-0.15, -0.1) is 0 Å². The minimum absolute atomic E-state index is 0.653. The highest BCUT2D eigenvalue weighted by Crippen LogP contribution is 2.31. The van der Waals surface area contributed by atoms with Gasteiger partial charge in [0.25, 0.3) is 0 Å². The maximum Gasteiger partial charge on any atom is 0.217 e. The predicted octanol–water partition coefficient (Wildman–Crippen LogP) is -6.62. The van der Waals surface area contributed by atoms with Gasteiger partial charge in [-0.25, -0.2) is 0 Å². The Morgan fingerprint density at radius 1 is 0.872 bits per heavy atom. The molecular weight excluding hydrogens is 532 g/mol. The normalized spacial score (nSPS) is 38.4. The van der Waals surface area contributed by atoms with E-state index in [2.05, 4.69) is 10.6 Å². The summed E-state index contributed by atoms with van der Waals surface area (Å²) in [5.74, 6) is -1.35. The zero-order valence-electron chi connectivity index (χ0n) is 21.7. The summed E-state index contributed by atoms with van der Waals surface area (Å²) in [6.07, 6.45) is -19.5. The molecule has 14 atom stereocenters. The Kier molecular flexibility index (Phi) is 12.8. The second-order valence-corrected chi connectivity index (χ2v) is 9.56. The first-order valence-electron chi connectivity index (χ1n) is 12.3. The molecule has 2 heterocycles. The van der Waals surface area contributed by atoms with Crippen molar-refractivity contribution in [2.24, 2.45) is 0 Å². The molecule has 0 radical (unpaired) electrons. The minimum atomic E-state index is -1.93. The number of hydrogen-bond acceptors (Lipinski definition) is 15. The third-order valence-electron chi connectivity index (χ3n) is 6.51. The van der Waals surface area contributed by atoms with Crippen molar-refractivity contribution in [3.8, 4) is 0 Å². The molecule has 39 heavy (non-hydrogen) atoms. The summed E-state index contributed by atoms with van der Waals surface area (Å²) in [6.45, 7) is 1.02. The van der Waals surface area contributed by atoms with Crippen molar-refractivity contribution in [3.63, 3.8) is 0 Å². The summed E-state index contributed by atoms with van der Waals surface area (Å²) in [7, 11) is 0. The second-order valence-electron chi connectivity index (χ2n) is 9.56. The van der Waals surface area contributed by atoms with Crippen LogP contribution in [0.15, 0.2) is 0 Å². The summed E-state index contributed by atoms with van der Waals surface area (Å²) in [4.78, 5) is 23.8. The van der Waals surface area contributed by atoms with Gasteiger partial charge in [0.05, 0.1) is 32.0 Å². The van der Waals surface area contributed by atoms with Crippen LogP contribution in [-0.2, 0) is 28.5 Å².